The molecule has 4 rings (SSSR count). The molecule has 0 radical (unpaired) electrons. The number of hydrogen-bond acceptors (Lipinski definition) is 4. The van der Waals surface area contributed by atoms with Crippen molar-refractivity contribution in [2.45, 2.75) is 13.5 Å². The van der Waals surface area contributed by atoms with Gasteiger partial charge in [0.1, 0.15) is 12.4 Å². The lowest BCUT2D eigenvalue weighted by molar-refractivity contribution is -0.111. The lowest BCUT2D eigenvalue weighted by atomic mass is 10.0. The summed E-state index contributed by atoms with van der Waals surface area (Å²) in [6.45, 7) is 1.97. The summed E-state index contributed by atoms with van der Waals surface area (Å²) in [4.78, 5) is 20.7. The van der Waals surface area contributed by atoms with Crippen LogP contribution in [0.4, 0.5) is 0 Å². The van der Waals surface area contributed by atoms with E-state index in [0.29, 0.717) is 12.2 Å². The van der Waals surface area contributed by atoms with Crippen LogP contribution in [0.1, 0.15) is 23.7 Å². The van der Waals surface area contributed by atoms with Crippen LogP contribution >= 0.6 is 0 Å². The quantitative estimate of drug-likeness (QED) is 0.424. The zero-order valence-corrected chi connectivity index (χ0v) is 16.1. The fraction of sp³-hybridized carbons (Fsp3) is 0.0800. The van der Waals surface area contributed by atoms with Crippen molar-refractivity contribution in [2.75, 3.05) is 0 Å². The highest BCUT2D eigenvalue weighted by Crippen LogP contribution is 2.21. The molecule has 0 atom stereocenters. The number of carbonyl (C=O) groups excluding carboxylic acids is 1. The summed E-state index contributed by atoms with van der Waals surface area (Å²) in [6, 6.07) is 23.4. The molecule has 2 heterocycles. The van der Waals surface area contributed by atoms with Crippen molar-refractivity contribution in [3.8, 4) is 5.75 Å². The second kappa shape index (κ2) is 8.48. The normalized spacial score (nSPS) is 11.4. The Labute approximate surface area is 169 Å². The molecule has 0 aliphatic rings. The zero-order valence-electron chi connectivity index (χ0n) is 16.1. The minimum atomic E-state index is 0.0129. The summed E-state index contributed by atoms with van der Waals surface area (Å²) in [6.07, 6.45) is 5.25. The molecule has 4 heteroatoms. The highest BCUT2D eigenvalue weighted by atomic mass is 16.5. The topological polar surface area (TPSA) is 52.1 Å². The van der Waals surface area contributed by atoms with E-state index in [1.165, 1.54) is 0 Å². The molecule has 0 bridgehead atoms. The fourth-order valence-electron chi connectivity index (χ4n) is 3.09. The van der Waals surface area contributed by atoms with E-state index >= 15 is 0 Å². The lowest BCUT2D eigenvalue weighted by Gasteiger charge is -2.08. The Morgan fingerprint density at radius 1 is 0.931 bits per heavy atom. The smallest absolute Gasteiger partial charge is 0.160 e. The van der Waals surface area contributed by atoms with Crippen molar-refractivity contribution >= 4 is 28.3 Å². The number of aromatic nitrogens is 2. The van der Waals surface area contributed by atoms with Crippen molar-refractivity contribution in [1.29, 1.82) is 0 Å². The number of rotatable bonds is 6. The minimum absolute atomic E-state index is 0.0129. The zero-order chi connectivity index (χ0) is 20.1. The second-order valence-corrected chi connectivity index (χ2v) is 6.70. The number of para-hydroxylation sites is 1. The molecule has 4 aromatic rings. The van der Waals surface area contributed by atoms with Crippen molar-refractivity contribution < 1.29 is 9.53 Å². The van der Waals surface area contributed by atoms with E-state index in [9.17, 15) is 4.79 Å². The van der Waals surface area contributed by atoms with Gasteiger partial charge in [-0.15, -0.1) is 0 Å². The summed E-state index contributed by atoms with van der Waals surface area (Å²) in [5.74, 6) is 0.768. The number of allylic oxidation sites excluding steroid dienone is 1. The first-order chi connectivity index (χ1) is 14.2. The van der Waals surface area contributed by atoms with Crippen molar-refractivity contribution in [3.05, 3.63) is 102 Å². The van der Waals surface area contributed by atoms with Gasteiger partial charge < -0.3 is 4.74 Å². The van der Waals surface area contributed by atoms with Crippen LogP contribution in [-0.2, 0) is 11.4 Å². The predicted molar refractivity (Wildman–Crippen MR) is 115 cm³/mol. The molecule has 0 saturated carbocycles. The maximum Gasteiger partial charge on any atom is 0.160 e. The van der Waals surface area contributed by atoms with Crippen LogP contribution in [0.25, 0.3) is 22.6 Å². The van der Waals surface area contributed by atoms with Gasteiger partial charge in [-0.3, -0.25) is 9.78 Å². The Morgan fingerprint density at radius 3 is 2.45 bits per heavy atom. The number of Topliss-reactive ketones (excluding diaryl/α,β-unsaturated/α-hetero) is 1. The molecule has 0 unspecified atom stereocenters. The van der Waals surface area contributed by atoms with Gasteiger partial charge in [0.15, 0.2) is 5.78 Å². The maximum atomic E-state index is 12.0. The van der Waals surface area contributed by atoms with Crippen LogP contribution in [0.3, 0.4) is 0 Å². The van der Waals surface area contributed by atoms with Crippen LogP contribution in [0, 0.1) is 0 Å². The first-order valence-corrected chi connectivity index (χ1v) is 9.39. The van der Waals surface area contributed by atoms with Gasteiger partial charge in [-0.1, -0.05) is 36.4 Å². The Balaban J connectivity index is 1.47. The van der Waals surface area contributed by atoms with E-state index in [-0.39, 0.29) is 5.78 Å². The summed E-state index contributed by atoms with van der Waals surface area (Å²) >= 11 is 0. The first kappa shape index (κ1) is 18.6. The number of ether oxygens (including phenoxy) is 1. The van der Waals surface area contributed by atoms with E-state index in [1.807, 2.05) is 72.8 Å². The van der Waals surface area contributed by atoms with E-state index in [1.54, 1.807) is 19.3 Å². The Bertz CT molecular complexity index is 1170. The third-order valence-electron chi connectivity index (χ3n) is 4.60. The average molecular weight is 380 g/mol. The van der Waals surface area contributed by atoms with Crippen LogP contribution in [0.15, 0.2) is 85.2 Å². The monoisotopic (exact) mass is 380 g/mol. The Kier molecular flexibility index (Phi) is 5.43. The van der Waals surface area contributed by atoms with E-state index in [0.717, 1.165) is 33.5 Å². The highest BCUT2D eigenvalue weighted by molar-refractivity contribution is 6.24. The molecular weight excluding hydrogens is 360 g/mol. The van der Waals surface area contributed by atoms with Crippen LogP contribution in [-0.4, -0.2) is 15.8 Å². The number of carbonyl (C=O) groups is 1. The number of fused-ring (bicyclic) bond motifs is 1. The summed E-state index contributed by atoms with van der Waals surface area (Å²) in [5.41, 5.74) is 4.28. The maximum absolute atomic E-state index is 12.0. The molecule has 0 spiro atoms. The molecule has 0 fully saturated rings. The molecule has 29 heavy (non-hydrogen) atoms. The number of pyridine rings is 2. The highest BCUT2D eigenvalue weighted by Gasteiger charge is 2.07. The van der Waals surface area contributed by atoms with Crippen molar-refractivity contribution in [3.63, 3.8) is 0 Å². The average Bonchev–Trinajstić information content (AvgIpc) is 2.77. The van der Waals surface area contributed by atoms with Crippen molar-refractivity contribution in [1.82, 2.24) is 9.97 Å². The molecule has 0 saturated heterocycles. The Morgan fingerprint density at radius 2 is 1.69 bits per heavy atom. The first-order valence-electron chi connectivity index (χ1n) is 9.39. The van der Waals surface area contributed by atoms with E-state index in [2.05, 4.69) is 16.0 Å². The number of hydrogen-bond donors (Lipinski definition) is 0. The molecular formula is C25H20N2O2. The van der Waals surface area contributed by atoms with E-state index < -0.39 is 0 Å². The van der Waals surface area contributed by atoms with Crippen LogP contribution in [0.5, 0.6) is 5.75 Å². The SMILES string of the molecule is CC(=O)/C(=C/c1ccc(OCc2ccc3ccccc3n2)cc1)c1ccncc1. The van der Waals surface area contributed by atoms with Gasteiger partial charge in [0.05, 0.1) is 11.2 Å². The van der Waals surface area contributed by atoms with Gasteiger partial charge in [-0.25, -0.2) is 4.98 Å². The number of ketones is 1. The van der Waals surface area contributed by atoms with Gasteiger partial charge >= 0.3 is 0 Å². The largest absolute Gasteiger partial charge is 0.487 e. The molecule has 0 aliphatic heterocycles. The molecule has 4 nitrogen and oxygen atoms in total. The second-order valence-electron chi connectivity index (χ2n) is 6.70. The molecule has 2 aromatic carbocycles. The predicted octanol–water partition coefficient (Wildman–Crippen LogP) is 5.34. The van der Waals surface area contributed by atoms with Gasteiger partial charge in [0.2, 0.25) is 0 Å². The molecule has 0 amide bonds. The van der Waals surface area contributed by atoms with Crippen molar-refractivity contribution in [2.24, 2.45) is 0 Å². The summed E-state index contributed by atoms with van der Waals surface area (Å²) in [5, 5.41) is 1.11. The lowest BCUT2D eigenvalue weighted by Crippen LogP contribution is -1.98. The minimum Gasteiger partial charge on any atom is -0.487 e. The van der Waals surface area contributed by atoms with Gasteiger partial charge in [0, 0.05) is 23.4 Å². The third-order valence-corrected chi connectivity index (χ3v) is 4.60. The Hall–Kier alpha value is -3.79. The molecule has 2 aromatic heterocycles. The van der Waals surface area contributed by atoms with Gasteiger partial charge in [-0.2, -0.15) is 0 Å². The van der Waals surface area contributed by atoms with Gasteiger partial charge in [0.25, 0.3) is 0 Å². The molecule has 0 aliphatic carbocycles. The van der Waals surface area contributed by atoms with E-state index in [4.69, 9.17) is 4.74 Å². The van der Waals surface area contributed by atoms with Gasteiger partial charge in [-0.05, 0) is 60.5 Å². The fourth-order valence-corrected chi connectivity index (χ4v) is 3.09. The standard InChI is InChI=1S/C25H20N2O2/c1-18(28)24(20-12-14-26-15-13-20)16-19-6-10-23(11-7-19)29-17-22-9-8-21-4-2-3-5-25(21)27-22/h2-16H,17H2,1H3/b24-16-. The molecule has 0 N–H and O–H groups in total. The van der Waals surface area contributed by atoms with Crippen LogP contribution < -0.4 is 4.74 Å². The molecule has 142 valence electrons. The third kappa shape index (κ3) is 4.55. The summed E-state index contributed by atoms with van der Waals surface area (Å²) < 4.78 is 5.87. The van der Waals surface area contributed by atoms with Crippen LogP contribution in [0.2, 0.25) is 0 Å². The summed E-state index contributed by atoms with van der Waals surface area (Å²) in [7, 11) is 0. The number of benzene rings is 2. The number of nitrogens with zero attached hydrogens (tertiary/aromatic N) is 2.